The third-order valence-corrected chi connectivity index (χ3v) is 6.81. The van der Waals surface area contributed by atoms with Crippen LogP contribution in [0.5, 0.6) is 11.5 Å². The number of aryl methyl sites for hydroxylation is 1. The maximum atomic E-state index is 12.9. The number of para-hydroxylation sites is 1. The molecule has 7 nitrogen and oxygen atoms in total. The Hall–Kier alpha value is -2.58. The van der Waals surface area contributed by atoms with Gasteiger partial charge in [0.2, 0.25) is 15.9 Å². The molecule has 0 radical (unpaired) electrons. The largest absolute Gasteiger partial charge is 0.494 e. The highest BCUT2D eigenvalue weighted by atomic mass is 32.2. The smallest absolute Gasteiger partial charge is 0.243 e. The van der Waals surface area contributed by atoms with Crippen molar-refractivity contribution in [1.82, 2.24) is 4.31 Å². The highest BCUT2D eigenvalue weighted by Crippen LogP contribution is 2.30. The summed E-state index contributed by atoms with van der Waals surface area (Å²) in [6.07, 6.45) is 0.728. The first-order valence-electron chi connectivity index (χ1n) is 10.6. The summed E-state index contributed by atoms with van der Waals surface area (Å²) in [4.78, 5) is 12.8. The van der Waals surface area contributed by atoms with Gasteiger partial charge >= 0.3 is 0 Å². The van der Waals surface area contributed by atoms with Gasteiger partial charge in [-0.2, -0.15) is 4.31 Å². The third-order valence-electron chi connectivity index (χ3n) is 4.76. The zero-order chi connectivity index (χ0) is 22.9. The van der Waals surface area contributed by atoms with Gasteiger partial charge in [0.05, 0.1) is 23.8 Å². The molecule has 170 valence electrons. The van der Waals surface area contributed by atoms with Crippen LogP contribution in [0.2, 0.25) is 0 Å². The summed E-state index contributed by atoms with van der Waals surface area (Å²) in [5, 5.41) is 2.82. The molecule has 0 aromatic heterocycles. The number of carbonyl (C=O) groups is 1. The van der Waals surface area contributed by atoms with Crippen molar-refractivity contribution in [2.75, 3.05) is 31.6 Å². The Morgan fingerprint density at radius 1 is 0.935 bits per heavy atom. The SMILES string of the molecule is CCOc1ccccc1CCC(=O)Nc1cc(S(=O)(=O)N(CC)CC)ccc1OCC. The molecule has 1 N–H and O–H groups in total. The van der Waals surface area contributed by atoms with Gasteiger partial charge in [0.15, 0.2) is 0 Å². The zero-order valence-electron chi connectivity index (χ0n) is 18.7. The van der Waals surface area contributed by atoms with Crippen molar-refractivity contribution < 1.29 is 22.7 Å². The molecule has 0 saturated carbocycles. The number of hydrogen-bond donors (Lipinski definition) is 1. The first-order valence-corrected chi connectivity index (χ1v) is 12.1. The van der Waals surface area contributed by atoms with Crippen LogP contribution in [0.4, 0.5) is 5.69 Å². The molecule has 0 bridgehead atoms. The summed E-state index contributed by atoms with van der Waals surface area (Å²) in [7, 11) is -3.65. The Bertz CT molecular complexity index is 972. The minimum atomic E-state index is -3.65. The Morgan fingerprint density at radius 2 is 1.58 bits per heavy atom. The van der Waals surface area contributed by atoms with Gasteiger partial charge in [-0.05, 0) is 50.1 Å². The third kappa shape index (κ3) is 6.45. The molecule has 31 heavy (non-hydrogen) atoms. The van der Waals surface area contributed by atoms with Crippen molar-refractivity contribution in [3.63, 3.8) is 0 Å². The number of anilines is 1. The van der Waals surface area contributed by atoms with E-state index in [-0.39, 0.29) is 17.2 Å². The van der Waals surface area contributed by atoms with E-state index >= 15 is 0 Å². The van der Waals surface area contributed by atoms with E-state index in [0.717, 1.165) is 11.3 Å². The molecule has 0 unspecified atom stereocenters. The molecule has 0 spiro atoms. The maximum Gasteiger partial charge on any atom is 0.243 e. The average molecular weight is 449 g/mol. The van der Waals surface area contributed by atoms with E-state index in [1.54, 1.807) is 19.9 Å². The number of sulfonamides is 1. The maximum absolute atomic E-state index is 12.9. The highest BCUT2D eigenvalue weighted by molar-refractivity contribution is 7.89. The van der Waals surface area contributed by atoms with E-state index in [9.17, 15) is 13.2 Å². The molecule has 0 aliphatic heterocycles. The van der Waals surface area contributed by atoms with Crippen LogP contribution in [0.1, 0.15) is 39.7 Å². The van der Waals surface area contributed by atoms with Crippen LogP contribution in [0.15, 0.2) is 47.4 Å². The number of amides is 1. The zero-order valence-corrected chi connectivity index (χ0v) is 19.5. The number of nitrogens with zero attached hydrogens (tertiary/aromatic N) is 1. The van der Waals surface area contributed by atoms with E-state index in [4.69, 9.17) is 9.47 Å². The summed E-state index contributed by atoms with van der Waals surface area (Å²) in [5.41, 5.74) is 1.29. The molecular weight excluding hydrogens is 416 g/mol. The molecule has 0 fully saturated rings. The van der Waals surface area contributed by atoms with Crippen molar-refractivity contribution in [2.24, 2.45) is 0 Å². The number of benzene rings is 2. The normalized spacial score (nSPS) is 11.4. The van der Waals surface area contributed by atoms with Gasteiger partial charge in [0, 0.05) is 19.5 Å². The molecule has 2 rings (SSSR count). The highest BCUT2D eigenvalue weighted by Gasteiger charge is 2.23. The molecule has 0 aliphatic carbocycles. The lowest BCUT2D eigenvalue weighted by Crippen LogP contribution is -2.30. The fourth-order valence-corrected chi connectivity index (χ4v) is 4.71. The van der Waals surface area contributed by atoms with E-state index in [0.29, 0.717) is 44.2 Å². The van der Waals surface area contributed by atoms with E-state index in [1.807, 2.05) is 38.1 Å². The van der Waals surface area contributed by atoms with Crippen LogP contribution >= 0.6 is 0 Å². The molecule has 8 heteroatoms. The molecule has 0 heterocycles. The lowest BCUT2D eigenvalue weighted by molar-refractivity contribution is -0.116. The van der Waals surface area contributed by atoms with Crippen LogP contribution in [0.3, 0.4) is 0 Å². The number of nitrogens with one attached hydrogen (secondary N) is 1. The van der Waals surface area contributed by atoms with Gasteiger partial charge in [-0.15, -0.1) is 0 Å². The van der Waals surface area contributed by atoms with Gasteiger partial charge in [0.1, 0.15) is 11.5 Å². The first-order chi connectivity index (χ1) is 14.9. The quantitative estimate of drug-likeness (QED) is 0.529. The van der Waals surface area contributed by atoms with E-state index in [2.05, 4.69) is 5.32 Å². The Kier molecular flexibility index (Phi) is 9.33. The molecule has 2 aromatic carbocycles. The van der Waals surface area contributed by atoms with Crippen molar-refractivity contribution in [3.8, 4) is 11.5 Å². The second-order valence-electron chi connectivity index (χ2n) is 6.77. The lowest BCUT2D eigenvalue weighted by Gasteiger charge is -2.20. The number of ether oxygens (including phenoxy) is 2. The molecular formula is C23H32N2O5S. The van der Waals surface area contributed by atoms with Crippen molar-refractivity contribution in [1.29, 1.82) is 0 Å². The van der Waals surface area contributed by atoms with Crippen molar-refractivity contribution in [3.05, 3.63) is 48.0 Å². The minimum absolute atomic E-state index is 0.122. The Morgan fingerprint density at radius 3 is 2.23 bits per heavy atom. The fourth-order valence-electron chi connectivity index (χ4n) is 3.23. The number of hydrogen-bond acceptors (Lipinski definition) is 5. The van der Waals surface area contributed by atoms with Gasteiger partial charge in [-0.3, -0.25) is 4.79 Å². The Balaban J connectivity index is 2.21. The predicted octanol–water partition coefficient (Wildman–Crippen LogP) is 4.09. The van der Waals surface area contributed by atoms with E-state index in [1.165, 1.54) is 16.4 Å². The first kappa shape index (κ1) is 24.7. The number of rotatable bonds is 12. The minimum Gasteiger partial charge on any atom is -0.494 e. The average Bonchev–Trinajstić information content (AvgIpc) is 2.75. The van der Waals surface area contributed by atoms with Crippen LogP contribution in [0.25, 0.3) is 0 Å². The fraction of sp³-hybridized carbons (Fsp3) is 0.435. The van der Waals surface area contributed by atoms with Crippen molar-refractivity contribution in [2.45, 2.75) is 45.4 Å². The van der Waals surface area contributed by atoms with Gasteiger partial charge in [-0.25, -0.2) is 8.42 Å². The van der Waals surface area contributed by atoms with Gasteiger partial charge in [0.25, 0.3) is 0 Å². The van der Waals surface area contributed by atoms with Crippen LogP contribution in [-0.4, -0.2) is 44.9 Å². The van der Waals surface area contributed by atoms with Crippen LogP contribution < -0.4 is 14.8 Å². The predicted molar refractivity (Wildman–Crippen MR) is 122 cm³/mol. The van der Waals surface area contributed by atoms with Crippen molar-refractivity contribution >= 4 is 21.6 Å². The second-order valence-corrected chi connectivity index (χ2v) is 8.71. The van der Waals surface area contributed by atoms with Gasteiger partial charge in [-0.1, -0.05) is 32.0 Å². The van der Waals surface area contributed by atoms with Gasteiger partial charge < -0.3 is 14.8 Å². The molecule has 2 aromatic rings. The van der Waals surface area contributed by atoms with Crippen LogP contribution in [0, 0.1) is 0 Å². The standard InChI is InChI=1S/C23H32N2O5S/c1-5-25(6-2)31(27,28)19-14-15-22(30-8-4)20(17-19)24-23(26)16-13-18-11-9-10-12-21(18)29-7-3/h9-12,14-15,17H,5-8,13,16H2,1-4H3,(H,24,26). The number of carbonyl (C=O) groups excluding carboxylic acids is 1. The van der Waals surface area contributed by atoms with E-state index < -0.39 is 10.0 Å². The van der Waals surface area contributed by atoms with Crippen LogP contribution in [-0.2, 0) is 21.2 Å². The summed E-state index contributed by atoms with van der Waals surface area (Å²) >= 11 is 0. The second kappa shape index (κ2) is 11.7. The summed E-state index contributed by atoms with van der Waals surface area (Å²) in [6, 6.07) is 12.2. The topological polar surface area (TPSA) is 84.9 Å². The summed E-state index contributed by atoms with van der Waals surface area (Å²) < 4.78 is 38.3. The summed E-state index contributed by atoms with van der Waals surface area (Å²) in [5.74, 6) is 0.967. The lowest BCUT2D eigenvalue weighted by atomic mass is 10.1. The molecule has 0 atom stereocenters. The monoisotopic (exact) mass is 448 g/mol. The molecule has 1 amide bonds. The Labute approximate surface area is 185 Å². The molecule has 0 aliphatic rings. The summed E-state index contributed by atoms with van der Waals surface area (Å²) in [6.45, 7) is 9.01. The molecule has 0 saturated heterocycles.